The van der Waals surface area contributed by atoms with Crippen LogP contribution in [-0.4, -0.2) is 59.0 Å². The molecule has 26 heavy (non-hydrogen) atoms. The molecule has 0 unspecified atom stereocenters. The minimum absolute atomic E-state index is 0.0477. The van der Waals surface area contributed by atoms with Crippen LogP contribution in [0.1, 0.15) is 29.8 Å². The van der Waals surface area contributed by atoms with Crippen molar-refractivity contribution in [2.24, 2.45) is 11.3 Å². The van der Waals surface area contributed by atoms with E-state index in [4.69, 9.17) is 0 Å². The third-order valence-electron chi connectivity index (χ3n) is 5.63. The summed E-state index contributed by atoms with van der Waals surface area (Å²) in [6.07, 6.45) is 4.80. The van der Waals surface area contributed by atoms with Crippen LogP contribution in [0.3, 0.4) is 0 Å². The Morgan fingerprint density at radius 1 is 1.35 bits per heavy atom. The van der Waals surface area contributed by atoms with Crippen molar-refractivity contribution in [3.63, 3.8) is 0 Å². The lowest BCUT2D eigenvalue weighted by Crippen LogP contribution is -2.37. The number of nitrogens with zero attached hydrogens (tertiary/aromatic N) is 3. The Morgan fingerprint density at radius 2 is 2.12 bits per heavy atom. The minimum Gasteiger partial charge on any atom is -0.481 e. The van der Waals surface area contributed by atoms with E-state index in [0.29, 0.717) is 18.5 Å². The number of carboxylic acid groups (broad SMARTS) is 1. The molecule has 1 saturated carbocycles. The SMILES string of the molecule is CS(=O)(=O)c1nc(C(=O)N2C[C@@H]3CCC[C@@]3(C(=O)O)C2)c2ccccn12. The predicted octanol–water partition coefficient (Wildman–Crippen LogP) is 1.06. The molecule has 1 amide bonds. The normalized spacial score (nSPS) is 25.6. The van der Waals surface area contributed by atoms with Crippen molar-refractivity contribution in [2.75, 3.05) is 19.3 Å². The zero-order chi connectivity index (χ0) is 18.7. The van der Waals surface area contributed by atoms with Crippen molar-refractivity contribution in [2.45, 2.75) is 24.4 Å². The Morgan fingerprint density at radius 3 is 2.77 bits per heavy atom. The predicted molar refractivity (Wildman–Crippen MR) is 91.6 cm³/mol. The maximum atomic E-state index is 13.1. The standard InChI is InChI=1S/C17H19N3O5S/c1-26(24,25)16-18-13(12-6-2-3-8-20(12)16)14(21)19-9-11-5-4-7-17(11,10-19)15(22)23/h2-3,6,8,11H,4-5,7,9-10H2,1H3,(H,22,23)/t11-,17+/m0/s1. The molecular formula is C17H19N3O5S. The molecule has 0 spiro atoms. The van der Waals surface area contributed by atoms with Gasteiger partial charge in [-0.05, 0) is 30.9 Å². The van der Waals surface area contributed by atoms with Gasteiger partial charge in [0.25, 0.3) is 5.91 Å². The second-order valence-electron chi connectivity index (χ2n) is 7.21. The first-order chi connectivity index (χ1) is 12.2. The molecule has 1 aliphatic heterocycles. The minimum atomic E-state index is -3.62. The lowest BCUT2D eigenvalue weighted by Gasteiger charge is -2.23. The number of carbonyl (C=O) groups is 2. The average molecular weight is 377 g/mol. The molecule has 1 saturated heterocycles. The van der Waals surface area contributed by atoms with E-state index in [1.54, 1.807) is 24.4 Å². The van der Waals surface area contributed by atoms with Crippen LogP contribution < -0.4 is 0 Å². The molecule has 2 atom stereocenters. The lowest BCUT2D eigenvalue weighted by molar-refractivity contribution is -0.149. The smallest absolute Gasteiger partial charge is 0.311 e. The number of sulfone groups is 1. The molecule has 0 aromatic carbocycles. The number of carboxylic acids is 1. The third-order valence-corrected chi connectivity index (χ3v) is 6.59. The molecule has 2 aliphatic rings. The molecule has 4 rings (SSSR count). The summed E-state index contributed by atoms with van der Waals surface area (Å²) >= 11 is 0. The van der Waals surface area contributed by atoms with Gasteiger partial charge in [0.1, 0.15) is 0 Å². The van der Waals surface area contributed by atoms with Crippen LogP contribution in [0.5, 0.6) is 0 Å². The molecule has 1 aliphatic carbocycles. The van der Waals surface area contributed by atoms with Crippen LogP contribution >= 0.6 is 0 Å². The molecule has 0 radical (unpaired) electrons. The highest BCUT2D eigenvalue weighted by atomic mass is 32.2. The number of imidazole rings is 1. The summed E-state index contributed by atoms with van der Waals surface area (Å²) in [6.45, 7) is 0.511. The quantitative estimate of drug-likeness (QED) is 0.857. The van der Waals surface area contributed by atoms with Crippen molar-refractivity contribution in [3.8, 4) is 0 Å². The van der Waals surface area contributed by atoms with Crippen LogP contribution in [0.4, 0.5) is 0 Å². The summed E-state index contributed by atoms with van der Waals surface area (Å²) in [5.41, 5.74) is -0.434. The molecule has 138 valence electrons. The van der Waals surface area contributed by atoms with E-state index in [-0.39, 0.29) is 23.3 Å². The first-order valence-electron chi connectivity index (χ1n) is 8.44. The summed E-state index contributed by atoms with van der Waals surface area (Å²) in [5, 5.41) is 9.50. The van der Waals surface area contributed by atoms with Gasteiger partial charge < -0.3 is 10.0 Å². The highest BCUT2D eigenvalue weighted by Crippen LogP contribution is 2.49. The number of aromatic nitrogens is 2. The van der Waals surface area contributed by atoms with Crippen molar-refractivity contribution < 1.29 is 23.1 Å². The molecule has 0 bridgehead atoms. The van der Waals surface area contributed by atoms with Gasteiger partial charge in [-0.1, -0.05) is 12.5 Å². The Balaban J connectivity index is 1.76. The fourth-order valence-electron chi connectivity index (χ4n) is 4.37. The fourth-order valence-corrected chi connectivity index (χ4v) is 5.15. The van der Waals surface area contributed by atoms with Crippen LogP contribution in [0.2, 0.25) is 0 Å². The largest absolute Gasteiger partial charge is 0.481 e. The van der Waals surface area contributed by atoms with Gasteiger partial charge in [0.15, 0.2) is 5.69 Å². The second-order valence-corrected chi connectivity index (χ2v) is 9.12. The maximum absolute atomic E-state index is 13.1. The zero-order valence-corrected chi connectivity index (χ0v) is 15.1. The Kier molecular flexibility index (Phi) is 3.62. The van der Waals surface area contributed by atoms with Gasteiger partial charge >= 0.3 is 5.97 Å². The van der Waals surface area contributed by atoms with E-state index < -0.39 is 27.1 Å². The van der Waals surface area contributed by atoms with Gasteiger partial charge in [0, 0.05) is 25.5 Å². The molecule has 8 nitrogen and oxygen atoms in total. The highest BCUT2D eigenvalue weighted by molar-refractivity contribution is 7.90. The number of carbonyl (C=O) groups excluding carboxylic acids is 1. The number of pyridine rings is 1. The molecule has 1 N–H and O–H groups in total. The Labute approximate surface area is 150 Å². The van der Waals surface area contributed by atoms with Crippen LogP contribution in [0.15, 0.2) is 29.6 Å². The summed E-state index contributed by atoms with van der Waals surface area (Å²) in [5.74, 6) is -1.34. The van der Waals surface area contributed by atoms with Crippen LogP contribution in [-0.2, 0) is 14.6 Å². The number of amides is 1. The van der Waals surface area contributed by atoms with E-state index in [1.165, 1.54) is 9.30 Å². The van der Waals surface area contributed by atoms with Gasteiger partial charge in [-0.3, -0.25) is 14.0 Å². The zero-order valence-electron chi connectivity index (χ0n) is 14.3. The topological polar surface area (TPSA) is 109 Å². The van der Waals surface area contributed by atoms with E-state index in [0.717, 1.165) is 19.1 Å². The van der Waals surface area contributed by atoms with Gasteiger partial charge in [-0.25, -0.2) is 13.4 Å². The van der Waals surface area contributed by atoms with Crippen molar-refractivity contribution in [3.05, 3.63) is 30.1 Å². The van der Waals surface area contributed by atoms with Crippen molar-refractivity contribution >= 4 is 27.2 Å². The number of likely N-dealkylation sites (tertiary alicyclic amines) is 1. The summed E-state index contributed by atoms with van der Waals surface area (Å²) in [6, 6.07) is 5.01. The van der Waals surface area contributed by atoms with Crippen molar-refractivity contribution in [1.82, 2.24) is 14.3 Å². The summed E-state index contributed by atoms with van der Waals surface area (Å²) in [7, 11) is -3.62. The van der Waals surface area contributed by atoms with E-state index in [2.05, 4.69) is 4.98 Å². The second kappa shape index (κ2) is 5.54. The number of aliphatic carboxylic acids is 1. The van der Waals surface area contributed by atoms with Gasteiger partial charge in [0.2, 0.25) is 15.0 Å². The number of hydrogen-bond donors (Lipinski definition) is 1. The third kappa shape index (κ3) is 2.33. The molecule has 9 heteroatoms. The first kappa shape index (κ1) is 17.0. The number of hydrogen-bond acceptors (Lipinski definition) is 5. The average Bonchev–Trinajstić information content (AvgIpc) is 3.24. The van der Waals surface area contributed by atoms with Crippen molar-refractivity contribution in [1.29, 1.82) is 0 Å². The molecule has 3 heterocycles. The Bertz CT molecular complexity index is 1030. The van der Waals surface area contributed by atoms with Gasteiger partial charge in [-0.15, -0.1) is 0 Å². The van der Waals surface area contributed by atoms with E-state index in [9.17, 15) is 23.1 Å². The molecule has 2 fully saturated rings. The fraction of sp³-hybridized carbons (Fsp3) is 0.471. The lowest BCUT2D eigenvalue weighted by atomic mass is 9.81. The number of fused-ring (bicyclic) bond motifs is 2. The first-order valence-corrected chi connectivity index (χ1v) is 10.3. The summed E-state index contributed by atoms with van der Waals surface area (Å²) in [4.78, 5) is 30.5. The Hall–Kier alpha value is -2.42. The molecular weight excluding hydrogens is 358 g/mol. The van der Waals surface area contributed by atoms with Gasteiger partial charge in [0.05, 0.1) is 10.9 Å². The summed E-state index contributed by atoms with van der Waals surface area (Å²) < 4.78 is 25.4. The molecule has 2 aromatic heterocycles. The highest BCUT2D eigenvalue weighted by Gasteiger charge is 2.56. The monoisotopic (exact) mass is 377 g/mol. The number of rotatable bonds is 3. The van der Waals surface area contributed by atoms with Crippen LogP contribution in [0, 0.1) is 11.3 Å². The van der Waals surface area contributed by atoms with E-state index in [1.807, 2.05) is 0 Å². The molecule has 2 aromatic rings. The van der Waals surface area contributed by atoms with E-state index >= 15 is 0 Å². The van der Waals surface area contributed by atoms with Gasteiger partial charge in [-0.2, -0.15) is 0 Å². The van der Waals surface area contributed by atoms with Crippen LogP contribution in [0.25, 0.3) is 5.52 Å². The maximum Gasteiger partial charge on any atom is 0.311 e.